The molecule has 0 aliphatic heterocycles. The summed E-state index contributed by atoms with van der Waals surface area (Å²) in [6.45, 7) is 0.0710. The predicted octanol–water partition coefficient (Wildman–Crippen LogP) is 4.69. The van der Waals surface area contributed by atoms with E-state index in [1.165, 1.54) is 0 Å². The van der Waals surface area contributed by atoms with Crippen LogP contribution in [0.1, 0.15) is 13.8 Å². The number of hydrogen-bond donors (Lipinski definition) is 0. The van der Waals surface area contributed by atoms with Crippen LogP contribution in [-0.4, -0.2) is 30.0 Å². The lowest BCUT2D eigenvalue weighted by atomic mass is 10.1. The predicted molar refractivity (Wildman–Crippen MR) is 46.3 cm³/mol. The molecule has 0 radical (unpaired) electrons. The van der Waals surface area contributed by atoms with Crippen LogP contribution in [-0.2, 0) is 4.74 Å². The smallest absolute Gasteiger partial charge is 0.266 e. The topological polar surface area (TPSA) is 9.23 Å². The van der Waals surface area contributed by atoms with Gasteiger partial charge in [-0.1, -0.05) is 6.08 Å². The van der Waals surface area contributed by atoms with Gasteiger partial charge < -0.3 is 0 Å². The third-order valence-electron chi connectivity index (χ3n) is 1.96. The van der Waals surface area contributed by atoms with Crippen molar-refractivity contribution in [2.24, 2.45) is 0 Å². The van der Waals surface area contributed by atoms with Gasteiger partial charge in [0.25, 0.3) is 0 Å². The summed E-state index contributed by atoms with van der Waals surface area (Å²) in [6, 6.07) is 0. The number of alkyl halides is 10. The van der Waals surface area contributed by atoms with Crippen molar-refractivity contribution in [3.8, 4) is 0 Å². The largest absolute Gasteiger partial charge is 0.452 e. The maximum atomic E-state index is 13.2. The average Bonchev–Trinajstić information content (AvgIpc) is 2.12. The minimum absolute atomic E-state index is 0.242. The molecule has 0 saturated carbocycles. The Morgan fingerprint density at radius 1 is 0.800 bits per heavy atom. The molecule has 0 amide bonds. The molecule has 0 heterocycles. The Morgan fingerprint density at radius 2 is 1.20 bits per heavy atom. The number of hydrogen-bond acceptors (Lipinski definition) is 1. The molecule has 120 valence electrons. The van der Waals surface area contributed by atoms with E-state index in [1.807, 2.05) is 0 Å². The second-order valence-corrected chi connectivity index (χ2v) is 3.72. The van der Waals surface area contributed by atoms with Gasteiger partial charge in [0.15, 0.2) is 0 Å². The van der Waals surface area contributed by atoms with Gasteiger partial charge in [-0.25, -0.2) is 0 Å². The van der Waals surface area contributed by atoms with Crippen LogP contribution in [0.25, 0.3) is 0 Å². The molecular formula is C9H8F10O. The van der Waals surface area contributed by atoms with Gasteiger partial charge >= 0.3 is 30.0 Å². The summed E-state index contributed by atoms with van der Waals surface area (Å²) in [4.78, 5) is 0. The monoisotopic (exact) mass is 322 g/mol. The van der Waals surface area contributed by atoms with Crippen molar-refractivity contribution in [3.63, 3.8) is 0 Å². The summed E-state index contributed by atoms with van der Waals surface area (Å²) in [5, 5.41) is 0. The van der Waals surface area contributed by atoms with Crippen LogP contribution in [0.5, 0.6) is 0 Å². The van der Waals surface area contributed by atoms with E-state index in [1.54, 1.807) is 0 Å². The molecule has 20 heavy (non-hydrogen) atoms. The van der Waals surface area contributed by atoms with E-state index in [2.05, 4.69) is 4.74 Å². The zero-order valence-corrected chi connectivity index (χ0v) is 9.84. The van der Waals surface area contributed by atoms with Crippen molar-refractivity contribution in [1.29, 1.82) is 0 Å². The van der Waals surface area contributed by atoms with Crippen LogP contribution in [0.3, 0.4) is 0 Å². The van der Waals surface area contributed by atoms with Crippen LogP contribution < -0.4 is 0 Å². The van der Waals surface area contributed by atoms with Gasteiger partial charge in [0.2, 0.25) is 0 Å². The average molecular weight is 322 g/mol. The highest BCUT2D eigenvalue weighted by Gasteiger charge is 2.75. The molecule has 0 bridgehead atoms. The molecule has 1 nitrogen and oxygen atoms in total. The Morgan fingerprint density at radius 3 is 1.45 bits per heavy atom. The van der Waals surface area contributed by atoms with Gasteiger partial charge in [-0.05, 0) is 13.0 Å². The Hall–Kier alpha value is -1.00. The van der Waals surface area contributed by atoms with Crippen molar-refractivity contribution in [3.05, 3.63) is 12.2 Å². The molecule has 0 saturated heterocycles. The lowest BCUT2D eigenvalue weighted by Crippen LogP contribution is -2.59. The molecule has 0 fully saturated rings. The Labute approximate surface area is 106 Å². The molecule has 0 aliphatic carbocycles. The van der Waals surface area contributed by atoms with Crippen molar-refractivity contribution < 1.29 is 48.6 Å². The van der Waals surface area contributed by atoms with Crippen LogP contribution in [0.2, 0.25) is 0 Å². The molecule has 1 atom stereocenters. The zero-order chi connectivity index (χ0) is 16.6. The third kappa shape index (κ3) is 3.36. The minimum atomic E-state index is -6.41. The summed E-state index contributed by atoms with van der Waals surface area (Å²) >= 11 is 0. The van der Waals surface area contributed by atoms with Gasteiger partial charge in [0.1, 0.15) is 0 Å². The number of allylic oxidation sites excluding steroid dienone is 1. The van der Waals surface area contributed by atoms with Crippen molar-refractivity contribution in [2.45, 2.75) is 43.8 Å². The van der Waals surface area contributed by atoms with E-state index >= 15 is 0 Å². The molecule has 0 aromatic rings. The normalized spacial score (nSPS) is 18.4. The van der Waals surface area contributed by atoms with E-state index in [4.69, 9.17) is 0 Å². The molecule has 0 spiro atoms. The van der Waals surface area contributed by atoms with Crippen molar-refractivity contribution in [2.75, 3.05) is 0 Å². The molecule has 0 rings (SSSR count). The Balaban J connectivity index is 5.66. The van der Waals surface area contributed by atoms with Gasteiger partial charge in [0, 0.05) is 6.92 Å². The number of rotatable bonds is 5. The fourth-order valence-corrected chi connectivity index (χ4v) is 0.907. The maximum Gasteiger partial charge on any atom is 0.452 e. The standard InChI is InChI=1S/C9H8F10O/c1-3-4-6(12,8(15,16)17)20-9(18,19)7(13,14)5(2,10)11/h3-4H,1-2H3/b4-3+. The molecule has 0 aliphatic rings. The highest BCUT2D eigenvalue weighted by atomic mass is 19.4. The zero-order valence-electron chi connectivity index (χ0n) is 9.84. The van der Waals surface area contributed by atoms with Gasteiger partial charge in [0.05, 0.1) is 0 Å². The Bertz CT molecular complexity index is 366. The molecular weight excluding hydrogens is 314 g/mol. The minimum Gasteiger partial charge on any atom is -0.266 e. The van der Waals surface area contributed by atoms with Crippen LogP contribution >= 0.6 is 0 Å². The first kappa shape index (κ1) is 19.0. The first-order chi connectivity index (χ1) is 8.52. The first-order valence-corrected chi connectivity index (χ1v) is 4.75. The van der Waals surface area contributed by atoms with Gasteiger partial charge in [-0.2, -0.15) is 43.9 Å². The molecule has 0 N–H and O–H groups in total. The summed E-state index contributed by atoms with van der Waals surface area (Å²) in [6.07, 6.45) is -13.0. The van der Waals surface area contributed by atoms with Crippen molar-refractivity contribution in [1.82, 2.24) is 0 Å². The second kappa shape index (κ2) is 5.08. The summed E-state index contributed by atoms with van der Waals surface area (Å²) in [7, 11) is 0. The SMILES string of the molecule is C/C=C/C(F)(OC(F)(F)C(F)(F)C(C)(F)F)C(F)(F)F. The lowest BCUT2D eigenvalue weighted by molar-refractivity contribution is -0.458. The van der Waals surface area contributed by atoms with E-state index < -0.39 is 43.0 Å². The van der Waals surface area contributed by atoms with E-state index in [0.717, 1.165) is 6.92 Å². The summed E-state index contributed by atoms with van der Waals surface area (Å²) < 4.78 is 128. The number of halogens is 10. The Kier molecular flexibility index (Phi) is 4.83. The summed E-state index contributed by atoms with van der Waals surface area (Å²) in [5.74, 6) is -17.1. The van der Waals surface area contributed by atoms with E-state index in [9.17, 15) is 43.9 Å². The molecule has 1 unspecified atom stereocenters. The van der Waals surface area contributed by atoms with Crippen LogP contribution in [0.4, 0.5) is 43.9 Å². The van der Waals surface area contributed by atoms with Crippen LogP contribution in [0.15, 0.2) is 12.2 Å². The fourth-order valence-electron chi connectivity index (χ4n) is 0.907. The maximum absolute atomic E-state index is 13.2. The second-order valence-electron chi connectivity index (χ2n) is 3.72. The van der Waals surface area contributed by atoms with Crippen LogP contribution in [0, 0.1) is 0 Å². The molecule has 11 heteroatoms. The highest BCUT2D eigenvalue weighted by Crippen LogP contribution is 2.50. The quantitative estimate of drug-likeness (QED) is 0.527. The summed E-state index contributed by atoms with van der Waals surface area (Å²) in [5.41, 5.74) is 0. The first-order valence-electron chi connectivity index (χ1n) is 4.75. The van der Waals surface area contributed by atoms with Crippen molar-refractivity contribution >= 4 is 0 Å². The highest BCUT2D eigenvalue weighted by molar-refractivity contribution is 5.01. The van der Waals surface area contributed by atoms with Gasteiger partial charge in [-0.3, -0.25) is 4.74 Å². The third-order valence-corrected chi connectivity index (χ3v) is 1.96. The van der Waals surface area contributed by atoms with E-state index in [0.29, 0.717) is 0 Å². The molecule has 0 aromatic heterocycles. The lowest BCUT2D eigenvalue weighted by Gasteiger charge is -2.35. The van der Waals surface area contributed by atoms with E-state index in [-0.39, 0.29) is 6.08 Å². The molecule has 0 aromatic carbocycles. The number of ether oxygens (including phenoxy) is 1. The fraction of sp³-hybridized carbons (Fsp3) is 0.778. The van der Waals surface area contributed by atoms with Gasteiger partial charge in [-0.15, -0.1) is 0 Å².